The van der Waals surface area contributed by atoms with Gasteiger partial charge >= 0.3 is 12.1 Å². The normalized spacial score (nSPS) is 16.0. The van der Waals surface area contributed by atoms with Crippen LogP contribution in [-0.2, 0) is 4.79 Å². The number of piperazine rings is 1. The van der Waals surface area contributed by atoms with Crippen LogP contribution in [0, 0.1) is 0 Å². The standard InChI is InChI=1S/C13H12ClF3N2O2/c14-10-4-2-1-3-9(10)11(20)18-5-7-19(8-6-18)12(21)13(15,16)17/h1-4H,5-8H2. The number of carbonyl (C=O) groups is 2. The Balaban J connectivity index is 2.00. The molecular weight excluding hydrogens is 309 g/mol. The van der Waals surface area contributed by atoms with E-state index in [9.17, 15) is 22.8 Å². The van der Waals surface area contributed by atoms with Gasteiger partial charge in [-0.2, -0.15) is 13.2 Å². The minimum absolute atomic E-state index is 0.0475. The maximum absolute atomic E-state index is 12.3. The quantitative estimate of drug-likeness (QED) is 0.796. The molecule has 1 aliphatic rings. The van der Waals surface area contributed by atoms with Gasteiger partial charge in [0.25, 0.3) is 5.91 Å². The van der Waals surface area contributed by atoms with Gasteiger partial charge < -0.3 is 9.80 Å². The van der Waals surface area contributed by atoms with E-state index in [1.165, 1.54) is 4.90 Å². The molecule has 0 radical (unpaired) electrons. The summed E-state index contributed by atoms with van der Waals surface area (Å²) in [6, 6.07) is 6.46. The van der Waals surface area contributed by atoms with Crippen LogP contribution in [0.4, 0.5) is 13.2 Å². The van der Waals surface area contributed by atoms with Gasteiger partial charge in [0.15, 0.2) is 0 Å². The van der Waals surface area contributed by atoms with E-state index in [-0.39, 0.29) is 37.1 Å². The monoisotopic (exact) mass is 320 g/mol. The Bertz CT molecular complexity index is 555. The van der Waals surface area contributed by atoms with Crippen LogP contribution in [0.25, 0.3) is 0 Å². The third-order valence-electron chi connectivity index (χ3n) is 3.20. The SMILES string of the molecule is O=C(c1ccccc1Cl)N1CCN(C(=O)C(F)(F)F)CC1. The van der Waals surface area contributed by atoms with Crippen molar-refractivity contribution in [1.29, 1.82) is 0 Å². The number of rotatable bonds is 1. The van der Waals surface area contributed by atoms with Crippen molar-refractivity contribution in [3.05, 3.63) is 34.9 Å². The first-order chi connectivity index (χ1) is 9.80. The minimum Gasteiger partial charge on any atom is -0.335 e. The molecule has 8 heteroatoms. The average molecular weight is 321 g/mol. The molecule has 2 amide bonds. The molecule has 1 aliphatic heterocycles. The average Bonchev–Trinajstić information content (AvgIpc) is 2.45. The van der Waals surface area contributed by atoms with Crippen LogP contribution in [-0.4, -0.2) is 54.0 Å². The van der Waals surface area contributed by atoms with E-state index < -0.39 is 12.1 Å². The lowest BCUT2D eigenvalue weighted by molar-refractivity contribution is -0.186. The maximum atomic E-state index is 12.3. The van der Waals surface area contributed by atoms with E-state index in [4.69, 9.17) is 11.6 Å². The molecule has 0 aromatic heterocycles. The van der Waals surface area contributed by atoms with Crippen LogP contribution >= 0.6 is 11.6 Å². The van der Waals surface area contributed by atoms with Gasteiger partial charge in [-0.05, 0) is 12.1 Å². The van der Waals surface area contributed by atoms with Crippen molar-refractivity contribution in [3.8, 4) is 0 Å². The Kier molecular flexibility index (Phi) is 4.41. The van der Waals surface area contributed by atoms with Crippen molar-refractivity contribution in [3.63, 3.8) is 0 Å². The second kappa shape index (κ2) is 5.93. The van der Waals surface area contributed by atoms with E-state index in [1.54, 1.807) is 24.3 Å². The summed E-state index contributed by atoms with van der Waals surface area (Å²) in [6.07, 6.45) is -4.88. The number of halogens is 4. The third-order valence-corrected chi connectivity index (χ3v) is 3.53. The molecule has 1 fully saturated rings. The lowest BCUT2D eigenvalue weighted by Crippen LogP contribution is -2.53. The van der Waals surface area contributed by atoms with Crippen LogP contribution in [0.3, 0.4) is 0 Å². The van der Waals surface area contributed by atoms with Gasteiger partial charge in [-0.25, -0.2) is 0 Å². The van der Waals surface area contributed by atoms with E-state index in [1.807, 2.05) is 0 Å². The Morgan fingerprint density at radius 1 is 1.00 bits per heavy atom. The van der Waals surface area contributed by atoms with Crippen LogP contribution in [0.15, 0.2) is 24.3 Å². The number of benzene rings is 1. The molecule has 0 N–H and O–H groups in total. The third kappa shape index (κ3) is 3.47. The first-order valence-corrected chi connectivity index (χ1v) is 6.58. The molecule has 0 bridgehead atoms. The first kappa shape index (κ1) is 15.6. The highest BCUT2D eigenvalue weighted by Crippen LogP contribution is 2.21. The highest BCUT2D eigenvalue weighted by Gasteiger charge is 2.43. The second-order valence-electron chi connectivity index (χ2n) is 4.56. The lowest BCUT2D eigenvalue weighted by atomic mass is 10.2. The summed E-state index contributed by atoms with van der Waals surface area (Å²) < 4.78 is 37.0. The van der Waals surface area contributed by atoms with Crippen LogP contribution < -0.4 is 0 Å². The van der Waals surface area contributed by atoms with Gasteiger partial charge in [0.1, 0.15) is 0 Å². The van der Waals surface area contributed by atoms with Gasteiger partial charge in [-0.15, -0.1) is 0 Å². The number of alkyl halides is 3. The van der Waals surface area contributed by atoms with Crippen molar-refractivity contribution >= 4 is 23.4 Å². The predicted octanol–water partition coefficient (Wildman–Crippen LogP) is 2.19. The first-order valence-electron chi connectivity index (χ1n) is 6.20. The van der Waals surface area contributed by atoms with Gasteiger partial charge in [-0.3, -0.25) is 9.59 Å². The Labute approximate surface area is 124 Å². The van der Waals surface area contributed by atoms with Gasteiger partial charge in [0.05, 0.1) is 10.6 Å². The number of carbonyl (C=O) groups excluding carboxylic acids is 2. The molecule has 1 saturated heterocycles. The number of nitrogens with zero attached hydrogens (tertiary/aromatic N) is 2. The second-order valence-corrected chi connectivity index (χ2v) is 4.97. The summed E-state index contributed by atoms with van der Waals surface area (Å²) in [5.41, 5.74) is 0.301. The topological polar surface area (TPSA) is 40.6 Å². The molecule has 114 valence electrons. The summed E-state index contributed by atoms with van der Waals surface area (Å²) in [6.45, 7) is -0.194. The maximum Gasteiger partial charge on any atom is 0.471 e. The van der Waals surface area contributed by atoms with Crippen LogP contribution in [0.2, 0.25) is 5.02 Å². The van der Waals surface area contributed by atoms with E-state index >= 15 is 0 Å². The molecule has 0 unspecified atom stereocenters. The largest absolute Gasteiger partial charge is 0.471 e. The zero-order valence-corrected chi connectivity index (χ0v) is 11.6. The molecule has 0 aliphatic carbocycles. The van der Waals surface area contributed by atoms with Crippen molar-refractivity contribution in [1.82, 2.24) is 9.80 Å². The van der Waals surface area contributed by atoms with Crippen LogP contribution in [0.5, 0.6) is 0 Å². The highest BCUT2D eigenvalue weighted by molar-refractivity contribution is 6.33. The fraction of sp³-hybridized carbons (Fsp3) is 0.385. The molecule has 0 spiro atoms. The molecule has 4 nitrogen and oxygen atoms in total. The van der Waals surface area contributed by atoms with Crippen LogP contribution in [0.1, 0.15) is 10.4 Å². The zero-order chi connectivity index (χ0) is 15.6. The van der Waals surface area contributed by atoms with Crippen molar-refractivity contribution < 1.29 is 22.8 Å². The minimum atomic E-state index is -4.88. The summed E-state index contributed by atoms with van der Waals surface area (Å²) in [5, 5.41) is 0.288. The Morgan fingerprint density at radius 2 is 1.52 bits per heavy atom. The van der Waals surface area contributed by atoms with Crippen molar-refractivity contribution in [2.45, 2.75) is 6.18 Å². The van der Waals surface area contributed by atoms with E-state index in [2.05, 4.69) is 0 Å². The molecule has 21 heavy (non-hydrogen) atoms. The number of hydrogen-bond acceptors (Lipinski definition) is 2. The predicted molar refractivity (Wildman–Crippen MR) is 70.0 cm³/mol. The van der Waals surface area contributed by atoms with E-state index in [0.29, 0.717) is 10.5 Å². The van der Waals surface area contributed by atoms with Gasteiger partial charge in [0, 0.05) is 26.2 Å². The zero-order valence-electron chi connectivity index (χ0n) is 10.9. The van der Waals surface area contributed by atoms with Gasteiger partial charge in [0.2, 0.25) is 0 Å². The molecule has 0 saturated carbocycles. The summed E-state index contributed by atoms with van der Waals surface area (Å²) >= 11 is 5.92. The fourth-order valence-electron chi connectivity index (χ4n) is 2.10. The van der Waals surface area contributed by atoms with Crippen molar-refractivity contribution in [2.75, 3.05) is 26.2 Å². The van der Waals surface area contributed by atoms with Gasteiger partial charge in [-0.1, -0.05) is 23.7 Å². The molecule has 0 atom stereocenters. The molecule has 1 aromatic rings. The van der Waals surface area contributed by atoms with E-state index in [0.717, 1.165) is 0 Å². The highest BCUT2D eigenvalue weighted by atomic mass is 35.5. The molecule has 1 aromatic carbocycles. The smallest absolute Gasteiger partial charge is 0.335 e. The number of hydrogen-bond donors (Lipinski definition) is 0. The summed E-state index contributed by atoms with van der Waals surface area (Å²) in [5.74, 6) is -2.22. The number of amides is 2. The Hall–Kier alpha value is -1.76. The summed E-state index contributed by atoms with van der Waals surface area (Å²) in [4.78, 5) is 25.4. The summed E-state index contributed by atoms with van der Waals surface area (Å²) in [7, 11) is 0. The molecule has 1 heterocycles. The molecule has 2 rings (SSSR count). The fourth-order valence-corrected chi connectivity index (χ4v) is 2.31. The Morgan fingerprint density at radius 3 is 2.05 bits per heavy atom. The van der Waals surface area contributed by atoms with Crippen molar-refractivity contribution in [2.24, 2.45) is 0 Å². The molecular formula is C13H12ClF3N2O2. The lowest BCUT2D eigenvalue weighted by Gasteiger charge is -2.35.